The zero-order chi connectivity index (χ0) is 15.2. The van der Waals surface area contributed by atoms with E-state index >= 15 is 0 Å². The molecule has 0 amide bonds. The van der Waals surface area contributed by atoms with Crippen molar-refractivity contribution >= 4 is 33.1 Å². The van der Waals surface area contributed by atoms with Gasteiger partial charge in [-0.3, -0.25) is 0 Å². The van der Waals surface area contributed by atoms with Gasteiger partial charge < -0.3 is 5.32 Å². The van der Waals surface area contributed by atoms with Crippen molar-refractivity contribution in [2.75, 3.05) is 18.6 Å². The molecule has 0 saturated heterocycles. The number of hydrogen-bond donors (Lipinski definition) is 2. The Bertz CT molecular complexity index is 497. The van der Waals surface area contributed by atoms with E-state index in [4.69, 9.17) is 0 Å². The van der Waals surface area contributed by atoms with Crippen LogP contribution in [0.4, 0.5) is 0 Å². The van der Waals surface area contributed by atoms with Crippen LogP contribution in [0, 0.1) is 0 Å². The summed E-state index contributed by atoms with van der Waals surface area (Å²) in [5, 5.41) is 3.33. The van der Waals surface area contributed by atoms with E-state index in [0.717, 1.165) is 23.6 Å². The van der Waals surface area contributed by atoms with Crippen LogP contribution in [-0.4, -0.2) is 39.1 Å². The first-order chi connectivity index (χ1) is 9.35. The van der Waals surface area contributed by atoms with Crippen molar-refractivity contribution in [3.05, 3.63) is 17.0 Å². The largest absolute Gasteiger partial charge is 0.314 e. The van der Waals surface area contributed by atoms with Crippen molar-refractivity contribution in [3.63, 3.8) is 0 Å². The van der Waals surface area contributed by atoms with Gasteiger partial charge in [0.15, 0.2) is 0 Å². The molecule has 0 bridgehead atoms. The summed E-state index contributed by atoms with van der Waals surface area (Å²) in [6, 6.07) is 4.00. The molecule has 0 saturated carbocycles. The number of hydrogen-bond acceptors (Lipinski definition) is 5. The number of rotatable bonds is 9. The second-order valence-corrected chi connectivity index (χ2v) is 9.08. The molecular weight excluding hydrogens is 312 g/mol. The van der Waals surface area contributed by atoms with Crippen LogP contribution in [0.15, 0.2) is 16.3 Å². The summed E-state index contributed by atoms with van der Waals surface area (Å²) in [7, 11) is -3.37. The molecule has 116 valence electrons. The van der Waals surface area contributed by atoms with Crippen molar-refractivity contribution < 1.29 is 8.42 Å². The van der Waals surface area contributed by atoms with E-state index in [2.05, 4.69) is 23.9 Å². The Balaban J connectivity index is 2.61. The maximum Gasteiger partial charge on any atom is 0.250 e. The van der Waals surface area contributed by atoms with Gasteiger partial charge in [-0.2, -0.15) is 11.8 Å². The lowest BCUT2D eigenvalue weighted by molar-refractivity contribution is 0.573. The molecule has 1 atom stereocenters. The van der Waals surface area contributed by atoms with Crippen LogP contribution in [0.2, 0.25) is 0 Å². The van der Waals surface area contributed by atoms with Crippen molar-refractivity contribution in [1.29, 1.82) is 0 Å². The summed E-state index contributed by atoms with van der Waals surface area (Å²) in [5.74, 6) is 0.774. The van der Waals surface area contributed by atoms with Gasteiger partial charge in [-0.05, 0) is 31.7 Å². The molecule has 20 heavy (non-hydrogen) atoms. The first-order valence-electron chi connectivity index (χ1n) is 6.68. The third-order valence-electron chi connectivity index (χ3n) is 2.60. The lowest BCUT2D eigenvalue weighted by atomic mass is 10.3. The van der Waals surface area contributed by atoms with Crippen molar-refractivity contribution in [2.24, 2.45) is 0 Å². The minimum atomic E-state index is -3.37. The van der Waals surface area contributed by atoms with Crippen LogP contribution >= 0.6 is 23.1 Å². The lowest BCUT2D eigenvalue weighted by Crippen LogP contribution is -2.33. The third kappa shape index (κ3) is 6.13. The summed E-state index contributed by atoms with van der Waals surface area (Å²) in [4.78, 5) is 1.09. The van der Waals surface area contributed by atoms with Crippen LogP contribution in [0.1, 0.15) is 25.6 Å². The van der Waals surface area contributed by atoms with E-state index < -0.39 is 10.0 Å². The molecule has 0 aromatic carbocycles. The van der Waals surface area contributed by atoms with E-state index in [1.807, 2.05) is 19.2 Å². The average Bonchev–Trinajstić information content (AvgIpc) is 2.77. The third-order valence-corrected chi connectivity index (χ3v) is 6.66. The Morgan fingerprint density at radius 1 is 1.30 bits per heavy atom. The zero-order valence-electron chi connectivity index (χ0n) is 12.5. The summed E-state index contributed by atoms with van der Waals surface area (Å²) >= 11 is 2.99. The first kappa shape index (κ1) is 18.0. The van der Waals surface area contributed by atoms with Gasteiger partial charge in [-0.25, -0.2) is 13.1 Å². The van der Waals surface area contributed by atoms with Crippen molar-refractivity contribution in [1.82, 2.24) is 10.0 Å². The van der Waals surface area contributed by atoms with Crippen LogP contribution < -0.4 is 10.0 Å². The van der Waals surface area contributed by atoms with Gasteiger partial charge in [0.1, 0.15) is 4.21 Å². The molecule has 0 radical (unpaired) electrons. The highest BCUT2D eigenvalue weighted by atomic mass is 32.2. The Labute approximate surface area is 130 Å². The van der Waals surface area contributed by atoms with Crippen LogP contribution in [-0.2, 0) is 16.4 Å². The molecule has 1 aromatic rings. The van der Waals surface area contributed by atoms with Gasteiger partial charge in [-0.1, -0.05) is 13.8 Å². The maximum absolute atomic E-state index is 12.2. The van der Waals surface area contributed by atoms with Crippen LogP contribution in [0.3, 0.4) is 0 Å². The van der Waals surface area contributed by atoms with Crippen LogP contribution in [0.5, 0.6) is 0 Å². The molecule has 1 unspecified atom stereocenters. The second kappa shape index (κ2) is 8.38. The van der Waals surface area contributed by atoms with Crippen molar-refractivity contribution in [3.8, 4) is 0 Å². The molecule has 0 fully saturated rings. The lowest BCUT2D eigenvalue weighted by Gasteiger charge is -2.11. The molecule has 0 aliphatic rings. The Kier molecular flexibility index (Phi) is 7.53. The Morgan fingerprint density at radius 2 is 2.00 bits per heavy atom. The molecule has 2 N–H and O–H groups in total. The molecule has 1 heterocycles. The molecule has 1 aromatic heterocycles. The highest BCUT2D eigenvalue weighted by molar-refractivity contribution is 7.98. The average molecular weight is 337 g/mol. The van der Waals surface area contributed by atoms with Gasteiger partial charge in [0.25, 0.3) is 0 Å². The van der Waals surface area contributed by atoms with Gasteiger partial charge in [-0.15, -0.1) is 11.3 Å². The Hall–Kier alpha value is -0.0800. The minimum absolute atomic E-state index is 0.0526. The van der Waals surface area contributed by atoms with Crippen LogP contribution in [0.25, 0.3) is 0 Å². The quantitative estimate of drug-likeness (QED) is 0.726. The summed E-state index contributed by atoms with van der Waals surface area (Å²) in [6.07, 6.45) is 2.83. The standard InChI is InChI=1S/C13H24N2O2S3/c1-10(2)14-8-7-12-5-6-13(19-12)20(16,17)15-11(3)9-18-4/h5-6,10-11,14-15H,7-9H2,1-4H3. The number of thiophene rings is 1. The first-order valence-corrected chi connectivity index (χ1v) is 10.4. The van der Waals surface area contributed by atoms with E-state index in [1.165, 1.54) is 11.3 Å². The molecule has 7 heteroatoms. The van der Waals surface area contributed by atoms with E-state index in [1.54, 1.807) is 17.8 Å². The number of sulfonamides is 1. The molecule has 0 aliphatic carbocycles. The topological polar surface area (TPSA) is 58.2 Å². The fourth-order valence-electron chi connectivity index (χ4n) is 1.73. The minimum Gasteiger partial charge on any atom is -0.314 e. The fourth-order valence-corrected chi connectivity index (χ4v) is 5.03. The van der Waals surface area contributed by atoms with Gasteiger partial charge in [0, 0.05) is 29.3 Å². The summed E-state index contributed by atoms with van der Waals surface area (Å²) < 4.78 is 27.5. The van der Waals surface area contributed by atoms with E-state index in [0.29, 0.717) is 10.3 Å². The van der Waals surface area contributed by atoms with E-state index in [-0.39, 0.29) is 6.04 Å². The Morgan fingerprint density at radius 3 is 2.60 bits per heavy atom. The monoisotopic (exact) mass is 336 g/mol. The van der Waals surface area contributed by atoms with Gasteiger partial charge in [0.2, 0.25) is 10.0 Å². The predicted molar refractivity (Wildman–Crippen MR) is 89.3 cm³/mol. The van der Waals surface area contributed by atoms with E-state index in [9.17, 15) is 8.42 Å². The van der Waals surface area contributed by atoms with Gasteiger partial charge in [0.05, 0.1) is 0 Å². The smallest absolute Gasteiger partial charge is 0.250 e. The highest BCUT2D eigenvalue weighted by Crippen LogP contribution is 2.22. The maximum atomic E-state index is 12.2. The normalized spacial score (nSPS) is 13.8. The molecular formula is C13H24N2O2S3. The summed E-state index contributed by atoms with van der Waals surface area (Å²) in [5.41, 5.74) is 0. The summed E-state index contributed by atoms with van der Waals surface area (Å²) in [6.45, 7) is 6.95. The zero-order valence-corrected chi connectivity index (χ0v) is 14.9. The van der Waals surface area contributed by atoms with Gasteiger partial charge >= 0.3 is 0 Å². The van der Waals surface area contributed by atoms with Crippen molar-refractivity contribution in [2.45, 2.75) is 43.5 Å². The number of nitrogens with one attached hydrogen (secondary N) is 2. The fraction of sp³-hybridized carbons (Fsp3) is 0.692. The molecule has 0 spiro atoms. The predicted octanol–water partition coefficient (Wildman–Crippen LogP) is 2.32. The highest BCUT2D eigenvalue weighted by Gasteiger charge is 2.19. The second-order valence-electron chi connectivity index (χ2n) is 5.06. The molecule has 0 aliphatic heterocycles. The number of thioether (sulfide) groups is 1. The molecule has 4 nitrogen and oxygen atoms in total. The molecule has 1 rings (SSSR count). The SMILES string of the molecule is CSCC(C)NS(=O)(=O)c1ccc(CCNC(C)C)s1.